The van der Waals surface area contributed by atoms with E-state index in [9.17, 15) is 4.79 Å². The van der Waals surface area contributed by atoms with Crippen molar-refractivity contribution in [3.63, 3.8) is 0 Å². The number of amides is 1. The van der Waals surface area contributed by atoms with Gasteiger partial charge in [-0.05, 0) is 44.6 Å². The van der Waals surface area contributed by atoms with Gasteiger partial charge in [-0.2, -0.15) is 5.10 Å². The van der Waals surface area contributed by atoms with Gasteiger partial charge >= 0.3 is 0 Å². The van der Waals surface area contributed by atoms with Crippen LogP contribution in [0.2, 0.25) is 0 Å². The molecule has 5 rings (SSSR count). The summed E-state index contributed by atoms with van der Waals surface area (Å²) in [4.78, 5) is 12.2. The molecule has 6 nitrogen and oxygen atoms in total. The molecule has 1 amide bonds. The van der Waals surface area contributed by atoms with E-state index in [4.69, 9.17) is 9.62 Å². The van der Waals surface area contributed by atoms with Crippen LogP contribution in [0.5, 0.6) is 0 Å². The van der Waals surface area contributed by atoms with E-state index in [1.165, 1.54) is 37.1 Å². The lowest BCUT2D eigenvalue weighted by molar-refractivity contribution is 0.0942. The van der Waals surface area contributed by atoms with Crippen LogP contribution < -0.4 is 5.32 Å². The van der Waals surface area contributed by atoms with E-state index < -0.39 is 0 Å². The largest absolute Gasteiger partial charge is 0.360 e. The molecule has 2 aromatic rings. The number of hydrogen-bond donors (Lipinski definition) is 1. The standard InChI is InChI=1S/C18H22N4O2/c23-18(15-10-17(24-21-15)13-5-6-13)19-7-8-22-16(12-3-4-12)9-14(20-22)11-1-2-11/h9-13H,1-8H2,(H,19,23). The molecule has 3 aliphatic rings. The zero-order valence-electron chi connectivity index (χ0n) is 13.7. The predicted molar refractivity (Wildman–Crippen MR) is 87.0 cm³/mol. The minimum Gasteiger partial charge on any atom is -0.360 e. The Morgan fingerprint density at radius 1 is 1.12 bits per heavy atom. The van der Waals surface area contributed by atoms with Crippen LogP contribution in [-0.4, -0.2) is 27.4 Å². The normalized spacial score (nSPS) is 20.3. The third-order valence-electron chi connectivity index (χ3n) is 5.17. The Hall–Kier alpha value is -2.11. The van der Waals surface area contributed by atoms with Crippen LogP contribution >= 0.6 is 0 Å². The molecule has 0 aromatic carbocycles. The Labute approximate surface area is 140 Å². The lowest BCUT2D eigenvalue weighted by Gasteiger charge is -2.07. The van der Waals surface area contributed by atoms with Crippen LogP contribution in [0.25, 0.3) is 0 Å². The third kappa shape index (κ3) is 2.85. The first-order valence-corrected chi connectivity index (χ1v) is 9.10. The van der Waals surface area contributed by atoms with Crippen molar-refractivity contribution in [2.75, 3.05) is 6.54 Å². The van der Waals surface area contributed by atoms with Gasteiger partial charge < -0.3 is 9.84 Å². The van der Waals surface area contributed by atoms with Crippen molar-refractivity contribution in [3.05, 3.63) is 35.0 Å². The summed E-state index contributed by atoms with van der Waals surface area (Å²) >= 11 is 0. The van der Waals surface area contributed by atoms with Gasteiger partial charge in [-0.1, -0.05) is 5.16 Å². The summed E-state index contributed by atoms with van der Waals surface area (Å²) in [6.45, 7) is 1.29. The second-order valence-electron chi connectivity index (χ2n) is 7.41. The monoisotopic (exact) mass is 326 g/mol. The van der Waals surface area contributed by atoms with Gasteiger partial charge in [0.15, 0.2) is 5.69 Å². The van der Waals surface area contributed by atoms with Gasteiger partial charge in [0.05, 0.1) is 12.2 Å². The molecule has 0 spiro atoms. The number of rotatable bonds is 7. The van der Waals surface area contributed by atoms with Gasteiger partial charge in [-0.3, -0.25) is 9.48 Å². The Balaban J connectivity index is 1.20. The molecular weight excluding hydrogens is 304 g/mol. The van der Waals surface area contributed by atoms with Crippen LogP contribution in [0.4, 0.5) is 0 Å². The van der Waals surface area contributed by atoms with E-state index in [2.05, 4.69) is 21.2 Å². The van der Waals surface area contributed by atoms with Gasteiger partial charge in [0.25, 0.3) is 5.91 Å². The Morgan fingerprint density at radius 3 is 2.58 bits per heavy atom. The molecule has 0 bridgehead atoms. The highest BCUT2D eigenvalue weighted by Gasteiger charge is 2.32. The fourth-order valence-corrected chi connectivity index (χ4v) is 3.24. The van der Waals surface area contributed by atoms with Crippen LogP contribution in [0.1, 0.15) is 83.9 Å². The van der Waals surface area contributed by atoms with E-state index in [0.29, 0.717) is 30.0 Å². The van der Waals surface area contributed by atoms with Crippen molar-refractivity contribution in [1.29, 1.82) is 0 Å². The van der Waals surface area contributed by atoms with E-state index in [-0.39, 0.29) is 5.91 Å². The molecule has 0 unspecified atom stereocenters. The van der Waals surface area contributed by atoms with Gasteiger partial charge in [0.2, 0.25) is 0 Å². The van der Waals surface area contributed by atoms with Crippen molar-refractivity contribution in [2.45, 2.75) is 62.8 Å². The highest BCUT2D eigenvalue weighted by atomic mass is 16.5. The molecule has 2 heterocycles. The number of carbonyl (C=O) groups excluding carboxylic acids is 1. The molecule has 3 saturated carbocycles. The molecule has 0 aliphatic heterocycles. The quantitative estimate of drug-likeness (QED) is 0.849. The average Bonchev–Trinajstić information content (AvgIpc) is 3.46. The number of nitrogens with one attached hydrogen (secondary N) is 1. The smallest absolute Gasteiger partial charge is 0.273 e. The Kier molecular flexibility index (Phi) is 3.24. The molecule has 2 aromatic heterocycles. The average molecular weight is 326 g/mol. The summed E-state index contributed by atoms with van der Waals surface area (Å²) in [5, 5.41) is 11.6. The Morgan fingerprint density at radius 2 is 1.88 bits per heavy atom. The molecule has 0 saturated heterocycles. The fourth-order valence-electron chi connectivity index (χ4n) is 3.24. The van der Waals surface area contributed by atoms with E-state index in [0.717, 1.165) is 25.1 Å². The van der Waals surface area contributed by atoms with Gasteiger partial charge in [0.1, 0.15) is 5.76 Å². The maximum absolute atomic E-state index is 12.2. The first-order valence-electron chi connectivity index (χ1n) is 9.10. The second-order valence-corrected chi connectivity index (χ2v) is 7.41. The molecular formula is C18H22N4O2. The lowest BCUT2D eigenvalue weighted by atomic mass is 10.2. The van der Waals surface area contributed by atoms with Crippen molar-refractivity contribution in [2.24, 2.45) is 0 Å². The number of nitrogens with zero attached hydrogens (tertiary/aromatic N) is 3. The summed E-state index contributed by atoms with van der Waals surface area (Å²) in [5.41, 5.74) is 2.98. The summed E-state index contributed by atoms with van der Waals surface area (Å²) in [5.74, 6) is 2.52. The van der Waals surface area contributed by atoms with E-state index in [1.807, 2.05) is 0 Å². The molecule has 0 radical (unpaired) electrons. The summed E-state index contributed by atoms with van der Waals surface area (Å²) in [6, 6.07) is 4.07. The summed E-state index contributed by atoms with van der Waals surface area (Å²) in [7, 11) is 0. The minimum absolute atomic E-state index is 0.159. The van der Waals surface area contributed by atoms with E-state index in [1.54, 1.807) is 6.07 Å². The number of hydrogen-bond acceptors (Lipinski definition) is 4. The molecule has 0 atom stereocenters. The van der Waals surface area contributed by atoms with Crippen molar-refractivity contribution in [1.82, 2.24) is 20.3 Å². The predicted octanol–water partition coefficient (Wildman–Crippen LogP) is 2.93. The van der Waals surface area contributed by atoms with E-state index >= 15 is 0 Å². The molecule has 24 heavy (non-hydrogen) atoms. The summed E-state index contributed by atoms with van der Waals surface area (Å²) < 4.78 is 7.34. The van der Waals surface area contributed by atoms with Crippen LogP contribution in [0, 0.1) is 0 Å². The minimum atomic E-state index is -0.159. The van der Waals surface area contributed by atoms with Gasteiger partial charge in [-0.15, -0.1) is 0 Å². The first-order chi connectivity index (χ1) is 11.8. The number of carbonyl (C=O) groups is 1. The molecule has 3 fully saturated rings. The highest BCUT2D eigenvalue weighted by molar-refractivity contribution is 5.92. The van der Waals surface area contributed by atoms with Crippen LogP contribution in [0.3, 0.4) is 0 Å². The van der Waals surface area contributed by atoms with Crippen molar-refractivity contribution >= 4 is 5.91 Å². The maximum Gasteiger partial charge on any atom is 0.273 e. The maximum atomic E-state index is 12.2. The fraction of sp³-hybridized carbons (Fsp3) is 0.611. The highest BCUT2D eigenvalue weighted by Crippen LogP contribution is 2.44. The lowest BCUT2D eigenvalue weighted by Crippen LogP contribution is -2.28. The topological polar surface area (TPSA) is 73.0 Å². The zero-order valence-corrected chi connectivity index (χ0v) is 13.7. The Bertz CT molecular complexity index is 766. The van der Waals surface area contributed by atoms with Crippen molar-refractivity contribution in [3.8, 4) is 0 Å². The van der Waals surface area contributed by atoms with Crippen LogP contribution in [0.15, 0.2) is 16.7 Å². The first kappa shape index (κ1) is 14.3. The zero-order chi connectivity index (χ0) is 16.1. The summed E-state index contributed by atoms with van der Waals surface area (Å²) in [6.07, 6.45) is 7.36. The van der Waals surface area contributed by atoms with Gasteiger partial charge in [0, 0.05) is 36.1 Å². The molecule has 126 valence electrons. The van der Waals surface area contributed by atoms with Crippen molar-refractivity contribution < 1.29 is 9.32 Å². The second kappa shape index (κ2) is 5.46. The third-order valence-corrected chi connectivity index (χ3v) is 5.17. The molecule has 6 heteroatoms. The number of aromatic nitrogens is 3. The van der Waals surface area contributed by atoms with Gasteiger partial charge in [-0.25, -0.2) is 0 Å². The SMILES string of the molecule is O=C(NCCn1nc(C2CC2)cc1C1CC1)c1cc(C2CC2)on1. The van der Waals surface area contributed by atoms with Crippen LogP contribution in [-0.2, 0) is 6.54 Å². The molecule has 1 N–H and O–H groups in total. The molecule has 3 aliphatic carbocycles.